The van der Waals surface area contributed by atoms with E-state index in [1.165, 1.54) is 4.31 Å². The van der Waals surface area contributed by atoms with Gasteiger partial charge in [0.05, 0.1) is 10.6 Å². The molecule has 1 amide bonds. The molecule has 0 saturated heterocycles. The summed E-state index contributed by atoms with van der Waals surface area (Å²) in [5, 5.41) is 2.72. The lowest BCUT2D eigenvalue weighted by atomic mass is 10.2. The summed E-state index contributed by atoms with van der Waals surface area (Å²) in [6.07, 6.45) is 1.94. The summed E-state index contributed by atoms with van der Waals surface area (Å²) in [7, 11) is -3.65. The summed E-state index contributed by atoms with van der Waals surface area (Å²) >= 11 is 1.56. The smallest absolute Gasteiger partial charge is 0.264 e. The third kappa shape index (κ3) is 4.35. The van der Waals surface area contributed by atoms with Gasteiger partial charge < -0.3 is 5.32 Å². The molecule has 0 unspecified atom stereocenters. The summed E-state index contributed by atoms with van der Waals surface area (Å²) in [6, 6.07) is 13.4. The van der Waals surface area contributed by atoms with Crippen LogP contribution in [0, 0.1) is 0 Å². The van der Waals surface area contributed by atoms with Crippen LogP contribution in [0.4, 0.5) is 5.69 Å². The zero-order chi connectivity index (χ0) is 18.4. The SMILES string of the molecule is CCNC(=O)c1ccc(N(CC)S(=O)(=O)c2ccc(SC)cc2)cc1. The van der Waals surface area contributed by atoms with Gasteiger partial charge in [0, 0.05) is 23.5 Å². The van der Waals surface area contributed by atoms with Crippen molar-refractivity contribution in [2.75, 3.05) is 23.7 Å². The van der Waals surface area contributed by atoms with E-state index in [0.717, 1.165) is 4.90 Å². The lowest BCUT2D eigenvalue weighted by Gasteiger charge is -2.23. The Hall–Kier alpha value is -1.99. The van der Waals surface area contributed by atoms with Crippen LogP contribution in [0.2, 0.25) is 0 Å². The molecule has 0 spiro atoms. The number of benzene rings is 2. The summed E-state index contributed by atoms with van der Waals surface area (Å²) in [5.41, 5.74) is 1.04. The minimum Gasteiger partial charge on any atom is -0.352 e. The van der Waals surface area contributed by atoms with Gasteiger partial charge in [0.25, 0.3) is 15.9 Å². The molecule has 0 aliphatic carbocycles. The second-order valence-corrected chi connectivity index (χ2v) is 7.99. The van der Waals surface area contributed by atoms with Crippen molar-refractivity contribution in [2.45, 2.75) is 23.6 Å². The van der Waals surface area contributed by atoms with E-state index in [9.17, 15) is 13.2 Å². The number of hydrogen-bond donors (Lipinski definition) is 1. The number of nitrogens with zero attached hydrogens (tertiary/aromatic N) is 1. The molecule has 2 aromatic carbocycles. The average molecular weight is 379 g/mol. The fraction of sp³-hybridized carbons (Fsp3) is 0.278. The van der Waals surface area contributed by atoms with Gasteiger partial charge in [0.2, 0.25) is 0 Å². The molecule has 0 radical (unpaired) electrons. The van der Waals surface area contributed by atoms with E-state index >= 15 is 0 Å². The topological polar surface area (TPSA) is 66.5 Å². The summed E-state index contributed by atoms with van der Waals surface area (Å²) < 4.78 is 27.2. The van der Waals surface area contributed by atoms with Crippen LogP contribution in [0.25, 0.3) is 0 Å². The van der Waals surface area contributed by atoms with Crippen LogP contribution in [-0.2, 0) is 10.0 Å². The van der Waals surface area contributed by atoms with Gasteiger partial charge >= 0.3 is 0 Å². The van der Waals surface area contributed by atoms with Crippen LogP contribution in [0.1, 0.15) is 24.2 Å². The maximum atomic E-state index is 12.9. The normalized spacial score (nSPS) is 11.2. The first-order valence-corrected chi connectivity index (χ1v) is 10.7. The maximum absolute atomic E-state index is 12.9. The van der Waals surface area contributed by atoms with Gasteiger partial charge in [-0.2, -0.15) is 0 Å². The van der Waals surface area contributed by atoms with Crippen molar-refractivity contribution in [2.24, 2.45) is 0 Å². The van der Waals surface area contributed by atoms with Crippen LogP contribution in [-0.4, -0.2) is 33.7 Å². The number of carbonyl (C=O) groups excluding carboxylic acids is 1. The fourth-order valence-corrected chi connectivity index (χ4v) is 4.29. The molecule has 0 aromatic heterocycles. The highest BCUT2D eigenvalue weighted by Gasteiger charge is 2.23. The van der Waals surface area contributed by atoms with Crippen molar-refractivity contribution in [1.82, 2.24) is 5.32 Å². The van der Waals surface area contributed by atoms with Crippen molar-refractivity contribution in [1.29, 1.82) is 0 Å². The Labute approximate surface area is 153 Å². The van der Waals surface area contributed by atoms with Gasteiger partial charge in [-0.15, -0.1) is 11.8 Å². The Kier molecular flexibility index (Phi) is 6.50. The number of thioether (sulfide) groups is 1. The van der Waals surface area contributed by atoms with E-state index in [2.05, 4.69) is 5.32 Å². The molecular formula is C18H22N2O3S2. The maximum Gasteiger partial charge on any atom is 0.264 e. The highest BCUT2D eigenvalue weighted by molar-refractivity contribution is 7.98. The zero-order valence-corrected chi connectivity index (χ0v) is 16.2. The first kappa shape index (κ1) is 19.3. The number of sulfonamides is 1. The lowest BCUT2D eigenvalue weighted by molar-refractivity contribution is 0.0956. The van der Waals surface area contributed by atoms with Crippen LogP contribution in [0.5, 0.6) is 0 Å². The molecule has 25 heavy (non-hydrogen) atoms. The van der Waals surface area contributed by atoms with Crippen molar-refractivity contribution in [3.8, 4) is 0 Å². The highest BCUT2D eigenvalue weighted by Crippen LogP contribution is 2.25. The number of hydrogen-bond acceptors (Lipinski definition) is 4. The molecule has 134 valence electrons. The molecule has 2 aromatic rings. The first-order valence-electron chi connectivity index (χ1n) is 7.99. The molecule has 0 saturated carbocycles. The van der Waals surface area contributed by atoms with Crippen molar-refractivity contribution in [3.63, 3.8) is 0 Å². The summed E-state index contributed by atoms with van der Waals surface area (Å²) in [4.78, 5) is 13.1. The van der Waals surface area contributed by atoms with E-state index in [0.29, 0.717) is 24.3 Å². The van der Waals surface area contributed by atoms with Crippen LogP contribution < -0.4 is 9.62 Å². The lowest BCUT2D eigenvalue weighted by Crippen LogP contribution is -2.31. The Balaban J connectivity index is 2.32. The second-order valence-electron chi connectivity index (χ2n) is 5.25. The monoisotopic (exact) mass is 378 g/mol. The molecule has 0 heterocycles. The van der Waals surface area contributed by atoms with Crippen molar-refractivity contribution < 1.29 is 13.2 Å². The van der Waals surface area contributed by atoms with E-state index in [4.69, 9.17) is 0 Å². The molecular weight excluding hydrogens is 356 g/mol. The molecule has 0 bridgehead atoms. The van der Waals surface area contributed by atoms with Gasteiger partial charge in [0.1, 0.15) is 0 Å². The third-order valence-electron chi connectivity index (χ3n) is 3.69. The Morgan fingerprint density at radius 1 is 1.04 bits per heavy atom. The number of rotatable bonds is 7. The number of carbonyl (C=O) groups is 1. The molecule has 1 N–H and O–H groups in total. The van der Waals surface area contributed by atoms with Gasteiger partial charge in [-0.25, -0.2) is 8.42 Å². The van der Waals surface area contributed by atoms with Crippen molar-refractivity contribution in [3.05, 3.63) is 54.1 Å². The number of nitrogens with one attached hydrogen (secondary N) is 1. The molecule has 0 aliphatic rings. The summed E-state index contributed by atoms with van der Waals surface area (Å²) in [5.74, 6) is -0.174. The minimum atomic E-state index is -3.65. The molecule has 0 aliphatic heterocycles. The molecule has 0 fully saturated rings. The van der Waals surface area contributed by atoms with E-state index in [1.807, 2.05) is 13.2 Å². The number of anilines is 1. The fourth-order valence-electron chi connectivity index (χ4n) is 2.41. The first-order chi connectivity index (χ1) is 11.9. The van der Waals surface area contributed by atoms with Crippen molar-refractivity contribution >= 4 is 33.4 Å². The van der Waals surface area contributed by atoms with E-state index in [1.54, 1.807) is 67.2 Å². The van der Waals surface area contributed by atoms with Crippen LogP contribution in [0.15, 0.2) is 58.3 Å². The van der Waals surface area contributed by atoms with Gasteiger partial charge in [-0.1, -0.05) is 0 Å². The molecule has 0 atom stereocenters. The zero-order valence-electron chi connectivity index (χ0n) is 14.5. The third-order valence-corrected chi connectivity index (χ3v) is 6.35. The largest absolute Gasteiger partial charge is 0.352 e. The molecule has 5 nitrogen and oxygen atoms in total. The minimum absolute atomic E-state index is 0.174. The predicted octanol–water partition coefficient (Wildman–Crippen LogP) is 3.37. The average Bonchev–Trinajstić information content (AvgIpc) is 2.63. The highest BCUT2D eigenvalue weighted by atomic mass is 32.2. The Morgan fingerprint density at radius 3 is 2.12 bits per heavy atom. The second kappa shape index (κ2) is 8.40. The molecule has 2 rings (SSSR count). The van der Waals surface area contributed by atoms with E-state index < -0.39 is 10.0 Å². The summed E-state index contributed by atoms with van der Waals surface area (Å²) in [6.45, 7) is 4.47. The predicted molar refractivity (Wildman–Crippen MR) is 103 cm³/mol. The molecule has 7 heteroatoms. The quantitative estimate of drug-likeness (QED) is 0.750. The Bertz CT molecular complexity index is 816. The Morgan fingerprint density at radius 2 is 1.64 bits per heavy atom. The van der Waals surface area contributed by atoms with Crippen LogP contribution in [0.3, 0.4) is 0 Å². The van der Waals surface area contributed by atoms with Gasteiger partial charge in [-0.3, -0.25) is 9.10 Å². The van der Waals surface area contributed by atoms with Gasteiger partial charge in [0.15, 0.2) is 0 Å². The van der Waals surface area contributed by atoms with Gasteiger partial charge in [-0.05, 0) is 68.6 Å². The standard InChI is InChI=1S/C18H22N2O3S2/c1-4-19-18(21)14-6-8-15(9-7-14)20(5-2)25(22,23)17-12-10-16(24-3)11-13-17/h6-13H,4-5H2,1-3H3,(H,19,21). The van der Waals surface area contributed by atoms with Crippen LogP contribution >= 0.6 is 11.8 Å². The van der Waals surface area contributed by atoms with E-state index in [-0.39, 0.29) is 10.8 Å². The number of amides is 1.